The first-order valence-electron chi connectivity index (χ1n) is 9.64. The summed E-state index contributed by atoms with van der Waals surface area (Å²) in [4.78, 5) is 0.0709. The van der Waals surface area contributed by atoms with Crippen LogP contribution in [0.5, 0.6) is 0 Å². The van der Waals surface area contributed by atoms with Gasteiger partial charge in [0.25, 0.3) is 10.0 Å². The standard InChI is InChI=1S/C24H22F3NO2S/c1-18(2)28(31(29,30)22-11-7-4-8-12-22)23-16-15-21(24(25,26)27)17-20(23)14-13-19-9-5-3-6-10-19/h3-18H,1-2H3/b14-13+. The van der Waals surface area contributed by atoms with E-state index >= 15 is 0 Å². The molecule has 3 aromatic rings. The fraction of sp³-hybridized carbons (Fsp3) is 0.167. The van der Waals surface area contributed by atoms with Gasteiger partial charge < -0.3 is 0 Å². The molecule has 0 spiro atoms. The first-order chi connectivity index (χ1) is 14.6. The number of alkyl halides is 3. The number of hydrogen-bond donors (Lipinski definition) is 0. The highest BCUT2D eigenvalue weighted by molar-refractivity contribution is 7.92. The van der Waals surface area contributed by atoms with Gasteiger partial charge in [-0.05, 0) is 55.3 Å². The average molecular weight is 446 g/mol. The van der Waals surface area contributed by atoms with Crippen LogP contribution in [0.15, 0.2) is 83.8 Å². The van der Waals surface area contributed by atoms with Crippen molar-refractivity contribution in [2.75, 3.05) is 4.31 Å². The summed E-state index contributed by atoms with van der Waals surface area (Å²) in [6.07, 6.45) is -1.38. The Balaban J connectivity index is 2.18. The molecule has 0 N–H and O–H groups in total. The fourth-order valence-corrected chi connectivity index (χ4v) is 4.91. The van der Waals surface area contributed by atoms with Crippen molar-refractivity contribution in [1.82, 2.24) is 0 Å². The molecule has 0 heterocycles. The van der Waals surface area contributed by atoms with Crippen LogP contribution in [0.3, 0.4) is 0 Å². The lowest BCUT2D eigenvalue weighted by molar-refractivity contribution is -0.137. The molecule has 0 aliphatic carbocycles. The van der Waals surface area contributed by atoms with E-state index in [1.54, 1.807) is 38.1 Å². The third-order valence-electron chi connectivity index (χ3n) is 4.62. The van der Waals surface area contributed by atoms with E-state index in [2.05, 4.69) is 0 Å². The summed E-state index contributed by atoms with van der Waals surface area (Å²) in [6, 6.07) is 19.5. The van der Waals surface area contributed by atoms with Crippen molar-refractivity contribution in [3.05, 3.63) is 95.6 Å². The molecular weight excluding hydrogens is 423 g/mol. The average Bonchev–Trinajstić information content (AvgIpc) is 2.73. The Labute approximate surface area is 180 Å². The van der Waals surface area contributed by atoms with Gasteiger partial charge in [-0.1, -0.05) is 60.7 Å². The summed E-state index contributed by atoms with van der Waals surface area (Å²) < 4.78 is 68.0. The molecule has 0 unspecified atom stereocenters. The van der Waals surface area contributed by atoms with Crippen molar-refractivity contribution in [3.8, 4) is 0 Å². The molecule has 3 aromatic carbocycles. The molecule has 0 atom stereocenters. The van der Waals surface area contributed by atoms with Crippen LogP contribution >= 0.6 is 0 Å². The van der Waals surface area contributed by atoms with Crippen molar-refractivity contribution in [1.29, 1.82) is 0 Å². The lowest BCUT2D eigenvalue weighted by Crippen LogP contribution is -2.37. The largest absolute Gasteiger partial charge is 0.416 e. The predicted molar refractivity (Wildman–Crippen MR) is 118 cm³/mol. The molecule has 3 rings (SSSR count). The Hall–Kier alpha value is -3.06. The zero-order valence-electron chi connectivity index (χ0n) is 17.0. The Morgan fingerprint density at radius 3 is 1.97 bits per heavy atom. The summed E-state index contributed by atoms with van der Waals surface area (Å²) in [5.41, 5.74) is 0.281. The Kier molecular flexibility index (Phi) is 6.55. The van der Waals surface area contributed by atoms with E-state index in [-0.39, 0.29) is 16.1 Å². The van der Waals surface area contributed by atoms with Crippen molar-refractivity contribution < 1.29 is 21.6 Å². The molecule has 3 nitrogen and oxygen atoms in total. The van der Waals surface area contributed by atoms with Crippen LogP contribution in [-0.2, 0) is 16.2 Å². The summed E-state index contributed by atoms with van der Waals surface area (Å²) in [6.45, 7) is 3.37. The maximum Gasteiger partial charge on any atom is 0.416 e. The molecule has 0 saturated carbocycles. The fourth-order valence-electron chi connectivity index (χ4n) is 3.21. The summed E-state index contributed by atoms with van der Waals surface area (Å²) >= 11 is 0. The molecular formula is C24H22F3NO2S. The number of hydrogen-bond acceptors (Lipinski definition) is 2. The van der Waals surface area contributed by atoms with E-state index in [1.807, 2.05) is 30.3 Å². The quantitative estimate of drug-likeness (QED) is 0.407. The third kappa shape index (κ3) is 5.17. The molecule has 162 valence electrons. The van der Waals surface area contributed by atoms with Crippen LogP contribution < -0.4 is 4.31 Å². The van der Waals surface area contributed by atoms with Gasteiger partial charge in [-0.2, -0.15) is 13.2 Å². The number of halogens is 3. The Morgan fingerprint density at radius 1 is 0.839 bits per heavy atom. The SMILES string of the molecule is CC(C)N(c1ccc(C(F)(F)F)cc1/C=C/c1ccccc1)S(=O)(=O)c1ccccc1. The second-order valence-electron chi connectivity index (χ2n) is 7.22. The van der Waals surface area contributed by atoms with Gasteiger partial charge >= 0.3 is 6.18 Å². The monoisotopic (exact) mass is 445 g/mol. The maximum atomic E-state index is 13.4. The van der Waals surface area contributed by atoms with Gasteiger partial charge in [-0.15, -0.1) is 0 Å². The van der Waals surface area contributed by atoms with Crippen LogP contribution in [0.2, 0.25) is 0 Å². The normalized spacial score (nSPS) is 12.5. The molecule has 0 aliphatic rings. The van der Waals surface area contributed by atoms with Gasteiger partial charge in [-0.3, -0.25) is 4.31 Å². The predicted octanol–water partition coefficient (Wildman–Crippen LogP) is 6.48. The van der Waals surface area contributed by atoms with E-state index in [1.165, 1.54) is 24.3 Å². The minimum atomic E-state index is -4.55. The molecule has 0 saturated heterocycles. The maximum absolute atomic E-state index is 13.4. The van der Waals surface area contributed by atoms with Gasteiger partial charge in [0.2, 0.25) is 0 Å². The lowest BCUT2D eigenvalue weighted by atomic mass is 10.1. The highest BCUT2D eigenvalue weighted by atomic mass is 32.2. The first-order valence-corrected chi connectivity index (χ1v) is 11.1. The summed E-state index contributed by atoms with van der Waals surface area (Å²) in [5, 5.41) is 0. The van der Waals surface area contributed by atoms with E-state index in [4.69, 9.17) is 0 Å². The number of anilines is 1. The van der Waals surface area contributed by atoms with Crippen LogP contribution in [-0.4, -0.2) is 14.5 Å². The molecule has 0 fully saturated rings. The van der Waals surface area contributed by atoms with E-state index in [0.717, 1.165) is 22.0 Å². The molecule has 31 heavy (non-hydrogen) atoms. The minimum absolute atomic E-state index is 0.0709. The number of nitrogens with zero attached hydrogens (tertiary/aromatic N) is 1. The molecule has 0 radical (unpaired) electrons. The summed E-state index contributed by atoms with van der Waals surface area (Å²) in [7, 11) is -3.99. The van der Waals surface area contributed by atoms with Gasteiger partial charge in [0.1, 0.15) is 0 Å². The molecule has 0 amide bonds. The zero-order valence-corrected chi connectivity index (χ0v) is 17.9. The molecule has 7 heteroatoms. The molecule has 0 bridgehead atoms. The zero-order chi connectivity index (χ0) is 22.6. The first kappa shape index (κ1) is 22.6. The van der Waals surface area contributed by atoms with Crippen molar-refractivity contribution >= 4 is 27.9 Å². The van der Waals surface area contributed by atoms with Gasteiger partial charge in [0.15, 0.2) is 0 Å². The second kappa shape index (κ2) is 8.98. The topological polar surface area (TPSA) is 37.4 Å². The van der Waals surface area contributed by atoms with Crippen molar-refractivity contribution in [3.63, 3.8) is 0 Å². The van der Waals surface area contributed by atoms with Gasteiger partial charge in [-0.25, -0.2) is 8.42 Å². The third-order valence-corrected chi connectivity index (χ3v) is 6.62. The van der Waals surface area contributed by atoms with Gasteiger partial charge in [0.05, 0.1) is 16.1 Å². The van der Waals surface area contributed by atoms with E-state index in [0.29, 0.717) is 0 Å². The second-order valence-corrected chi connectivity index (χ2v) is 9.04. The molecule has 0 aliphatic heterocycles. The smallest absolute Gasteiger partial charge is 0.263 e. The molecule has 0 aromatic heterocycles. The van der Waals surface area contributed by atoms with E-state index in [9.17, 15) is 21.6 Å². The number of rotatable bonds is 6. The Morgan fingerprint density at radius 2 is 1.42 bits per heavy atom. The van der Waals surface area contributed by atoms with E-state index < -0.39 is 27.8 Å². The van der Waals surface area contributed by atoms with Gasteiger partial charge in [0, 0.05) is 6.04 Å². The van der Waals surface area contributed by atoms with Crippen LogP contribution in [0.4, 0.5) is 18.9 Å². The lowest BCUT2D eigenvalue weighted by Gasteiger charge is -2.30. The minimum Gasteiger partial charge on any atom is -0.263 e. The Bertz CT molecular complexity index is 1160. The number of sulfonamides is 1. The highest BCUT2D eigenvalue weighted by Gasteiger charge is 2.33. The van der Waals surface area contributed by atoms with Crippen molar-refractivity contribution in [2.45, 2.75) is 31.0 Å². The van der Waals surface area contributed by atoms with Crippen LogP contribution in [0, 0.1) is 0 Å². The van der Waals surface area contributed by atoms with Crippen molar-refractivity contribution in [2.24, 2.45) is 0 Å². The van der Waals surface area contributed by atoms with Crippen LogP contribution in [0.1, 0.15) is 30.5 Å². The number of benzene rings is 3. The van der Waals surface area contributed by atoms with Crippen LogP contribution in [0.25, 0.3) is 12.2 Å². The highest BCUT2D eigenvalue weighted by Crippen LogP contribution is 2.36. The summed E-state index contributed by atoms with van der Waals surface area (Å²) in [5.74, 6) is 0.